The number of aliphatic hydroxyl groups excluding tert-OH is 4. The number of phenols is 1. The molecular formula is C53H73N3O7. The van der Waals surface area contributed by atoms with Crippen LogP contribution < -0.4 is 15.8 Å². The smallest absolute Gasteiger partial charge is 0.190 e. The van der Waals surface area contributed by atoms with Crippen molar-refractivity contribution < 1.29 is 35.0 Å². The molecule has 6 aliphatic rings. The fourth-order valence-corrected chi connectivity index (χ4v) is 12.1. The molecule has 63 heavy (non-hydrogen) atoms. The van der Waals surface area contributed by atoms with E-state index in [2.05, 4.69) is 23.5 Å². The first-order valence-electron chi connectivity index (χ1n) is 24.3. The largest absolute Gasteiger partial charge is 0.592 e. The van der Waals surface area contributed by atoms with Crippen molar-refractivity contribution >= 4 is 11.8 Å². The Hall–Kier alpha value is -3.77. The molecule has 3 saturated carbocycles. The van der Waals surface area contributed by atoms with Crippen LogP contribution in [0.4, 0.5) is 0 Å². The van der Waals surface area contributed by atoms with Gasteiger partial charge in [0.2, 0.25) is 0 Å². The van der Waals surface area contributed by atoms with Crippen LogP contribution in [0.5, 0.6) is 11.5 Å². The lowest BCUT2D eigenvalue weighted by Crippen LogP contribution is -2.37. The van der Waals surface area contributed by atoms with Gasteiger partial charge in [0, 0.05) is 37.8 Å². The van der Waals surface area contributed by atoms with Gasteiger partial charge in [0.1, 0.15) is 12.2 Å². The number of nitrogens with zero attached hydrogens (tertiary/aromatic N) is 1. The Morgan fingerprint density at radius 1 is 1.05 bits per heavy atom. The fourth-order valence-electron chi connectivity index (χ4n) is 12.1. The number of phenolic OH excluding ortho intramolecular Hbond substituents is 1. The van der Waals surface area contributed by atoms with Crippen molar-refractivity contribution in [3.05, 3.63) is 101 Å². The highest BCUT2D eigenvalue weighted by Gasteiger charge is 2.57. The third-order valence-electron chi connectivity index (χ3n) is 15.4. The van der Waals surface area contributed by atoms with Crippen molar-refractivity contribution in [2.75, 3.05) is 26.3 Å². The number of aryl methyl sites for hydroxylation is 1. The van der Waals surface area contributed by atoms with Crippen LogP contribution in [0, 0.1) is 41.0 Å². The minimum atomic E-state index is -0.942. The summed E-state index contributed by atoms with van der Waals surface area (Å²) in [4.78, 5) is 5.14. The van der Waals surface area contributed by atoms with E-state index < -0.39 is 18.3 Å². The van der Waals surface area contributed by atoms with E-state index in [1.54, 1.807) is 6.07 Å². The number of aliphatic imine (C=N–C) groups is 1. The molecule has 9 atom stereocenters. The summed E-state index contributed by atoms with van der Waals surface area (Å²) >= 11 is 0. The highest BCUT2D eigenvalue weighted by molar-refractivity contribution is 6.04. The summed E-state index contributed by atoms with van der Waals surface area (Å²) in [5, 5.41) is 56.8. The predicted molar refractivity (Wildman–Crippen MR) is 249 cm³/mol. The summed E-state index contributed by atoms with van der Waals surface area (Å²) in [5.41, 5.74) is 12.3. The van der Waals surface area contributed by atoms with Gasteiger partial charge in [-0.1, -0.05) is 99.6 Å². The summed E-state index contributed by atoms with van der Waals surface area (Å²) in [7, 11) is 0. The van der Waals surface area contributed by atoms with Crippen LogP contribution in [0.25, 0.3) is 6.08 Å². The second kappa shape index (κ2) is 21.0. The molecule has 4 aliphatic carbocycles. The molecule has 10 nitrogen and oxygen atoms in total. The van der Waals surface area contributed by atoms with Gasteiger partial charge in [0.15, 0.2) is 29.4 Å². The molecule has 2 aromatic rings. The fraction of sp³-hybridized carbons (Fsp3) is 0.604. The third-order valence-corrected chi connectivity index (χ3v) is 15.4. The van der Waals surface area contributed by atoms with Gasteiger partial charge in [0.25, 0.3) is 0 Å². The number of allylic oxidation sites excluding steroid dienone is 1. The molecule has 0 bridgehead atoms. The summed E-state index contributed by atoms with van der Waals surface area (Å²) < 4.78 is 12.5. The second-order valence-corrected chi connectivity index (χ2v) is 19.8. The van der Waals surface area contributed by atoms with Crippen LogP contribution in [-0.4, -0.2) is 81.9 Å². The Morgan fingerprint density at radius 3 is 2.70 bits per heavy atom. The number of benzene rings is 2. The predicted octanol–water partition coefficient (Wildman–Crippen LogP) is 8.23. The maximum Gasteiger partial charge on any atom is 0.190 e. The van der Waals surface area contributed by atoms with Gasteiger partial charge < -0.3 is 46.1 Å². The SMILES string of the molecule is C[C@H](O)CNC[C@@H]1C2=C[C+]([C@@H](O)COc3cc(CCC4=C[C-](CO)C(CCCCCC[C@H](N)C[C@@H]5C=Cc6ccccc6[C@H]5O)O4)ccc3O)N=C2CC2(CCCC2)[C@H]2CCC[C@@H]12. The highest BCUT2D eigenvalue weighted by Crippen LogP contribution is 2.60. The third kappa shape index (κ3) is 10.9. The number of rotatable bonds is 21. The first-order valence-corrected chi connectivity index (χ1v) is 24.3. The molecule has 10 heteroatoms. The molecule has 0 aromatic heterocycles. The first-order chi connectivity index (χ1) is 30.6. The minimum absolute atomic E-state index is 0.0236. The molecule has 2 aliphatic heterocycles. The zero-order valence-electron chi connectivity index (χ0n) is 37.5. The number of ether oxygens (including phenoxy) is 2. The zero-order chi connectivity index (χ0) is 43.9. The van der Waals surface area contributed by atoms with Gasteiger partial charge >= 0.3 is 0 Å². The van der Waals surface area contributed by atoms with Crippen LogP contribution in [0.15, 0.2) is 77.0 Å². The van der Waals surface area contributed by atoms with E-state index in [4.69, 9.17) is 20.2 Å². The van der Waals surface area contributed by atoms with Crippen LogP contribution in [-0.2, 0) is 11.2 Å². The van der Waals surface area contributed by atoms with Crippen LogP contribution in [0.1, 0.15) is 132 Å². The molecule has 8 rings (SSSR count). The molecule has 0 amide bonds. The molecule has 0 saturated heterocycles. The molecular weight excluding hydrogens is 791 g/mol. The van der Waals surface area contributed by atoms with E-state index >= 15 is 0 Å². The molecule has 8 N–H and O–H groups in total. The lowest BCUT2D eigenvalue weighted by Gasteiger charge is -2.37. The zero-order valence-corrected chi connectivity index (χ0v) is 37.5. The van der Waals surface area contributed by atoms with Crippen molar-refractivity contribution in [3.63, 3.8) is 0 Å². The number of fused-ring (bicyclic) bond motifs is 4. The lowest BCUT2D eigenvalue weighted by molar-refractivity contribution is 0.113. The number of nitrogens with one attached hydrogen (secondary N) is 1. The minimum Gasteiger partial charge on any atom is -0.592 e. The Bertz CT molecular complexity index is 1950. The summed E-state index contributed by atoms with van der Waals surface area (Å²) in [6.07, 6.45) is 24.3. The van der Waals surface area contributed by atoms with Crippen molar-refractivity contribution in [1.29, 1.82) is 0 Å². The number of hydrogen-bond donors (Lipinski definition) is 7. The normalized spacial score (nSPS) is 27.2. The molecule has 2 aromatic carbocycles. The molecule has 1 spiro atoms. The van der Waals surface area contributed by atoms with E-state index in [0.29, 0.717) is 54.3 Å². The number of unbranched alkanes of at least 4 members (excludes halogenated alkanes) is 3. The second-order valence-electron chi connectivity index (χ2n) is 19.8. The van der Waals surface area contributed by atoms with E-state index in [9.17, 15) is 25.5 Å². The van der Waals surface area contributed by atoms with Gasteiger partial charge in [-0.05, 0) is 104 Å². The standard InChI is InChI=1S/C53H73N3O7/c1-34(58)30-55-31-44-42-14-10-15-45(42)53(23-8-9-24-53)29-47-43(44)28-46(56-47)49(60)33-62-51-25-35(18-22-48(51)59)17-21-40-27-38(32-57)50(63-40)16-5-3-2-4-12-39(54)26-37-20-19-36-11-6-7-13-41(36)52(37)61/h6-7,11,13,18-20,22,25,27-28,34,37,39,42,44-45,49-50,52,55,57-61H,2-5,8-10,12,14-17,21,23-24,26,29-33,54H2,1H3/t34-,37-,39-,42-,44-,45-,49-,50?,52-/m0/s1. The summed E-state index contributed by atoms with van der Waals surface area (Å²) in [6, 6.07) is 14.1. The molecule has 1 unspecified atom stereocenters. The van der Waals surface area contributed by atoms with Gasteiger partial charge in [0.05, 0.1) is 30.6 Å². The van der Waals surface area contributed by atoms with Crippen molar-refractivity contribution in [2.24, 2.45) is 39.8 Å². The lowest BCUT2D eigenvalue weighted by atomic mass is 9.66. The van der Waals surface area contributed by atoms with E-state index in [0.717, 1.165) is 92.0 Å². The van der Waals surface area contributed by atoms with Gasteiger partial charge in [-0.15, -0.1) is 4.99 Å². The van der Waals surface area contributed by atoms with Crippen LogP contribution in [0.2, 0.25) is 0 Å². The first kappa shape index (κ1) is 45.8. The van der Waals surface area contributed by atoms with Crippen molar-refractivity contribution in [3.8, 4) is 11.5 Å². The monoisotopic (exact) mass is 864 g/mol. The average Bonchev–Trinajstić information content (AvgIpc) is 4.11. The van der Waals surface area contributed by atoms with Gasteiger partial charge in [-0.25, -0.2) is 0 Å². The molecule has 342 valence electrons. The summed E-state index contributed by atoms with van der Waals surface area (Å²) in [6.45, 7) is 3.13. The molecule has 2 heterocycles. The van der Waals surface area contributed by atoms with Gasteiger partial charge in [-0.3, -0.25) is 0 Å². The van der Waals surface area contributed by atoms with Crippen LogP contribution >= 0.6 is 0 Å². The molecule has 0 radical (unpaired) electrons. The number of nitrogens with two attached hydrogens (primary N) is 1. The van der Waals surface area contributed by atoms with E-state index in [1.807, 2.05) is 49.4 Å². The maximum absolute atomic E-state index is 11.5. The maximum atomic E-state index is 11.5. The Labute approximate surface area is 375 Å². The average molecular weight is 864 g/mol. The van der Waals surface area contributed by atoms with Crippen LogP contribution in [0.3, 0.4) is 0 Å². The highest BCUT2D eigenvalue weighted by atomic mass is 16.5. The topological polar surface area (TPSA) is 170 Å². The van der Waals surface area contributed by atoms with E-state index in [1.165, 1.54) is 50.5 Å². The quantitative estimate of drug-likeness (QED) is 0.0483. The Kier molecular flexibility index (Phi) is 15.3. The summed E-state index contributed by atoms with van der Waals surface area (Å²) in [5.74, 6) is 3.76. The van der Waals surface area contributed by atoms with Gasteiger partial charge in [-0.2, -0.15) is 12.0 Å². The van der Waals surface area contributed by atoms with Crippen molar-refractivity contribution in [1.82, 2.24) is 5.32 Å². The van der Waals surface area contributed by atoms with E-state index in [-0.39, 0.29) is 37.0 Å². The number of hydrogen-bond acceptors (Lipinski definition) is 10. The Balaban J connectivity index is 0.780. The Morgan fingerprint density at radius 2 is 1.87 bits per heavy atom. The molecule has 3 fully saturated rings. The number of aromatic hydroxyl groups is 1. The van der Waals surface area contributed by atoms with Crippen molar-refractivity contribution in [2.45, 2.75) is 147 Å². The number of aliphatic hydroxyl groups is 4.